The van der Waals surface area contributed by atoms with Gasteiger partial charge in [-0.2, -0.15) is 0 Å². The second-order valence-corrected chi connectivity index (χ2v) is 9.62. The molecule has 1 saturated heterocycles. The van der Waals surface area contributed by atoms with E-state index in [2.05, 4.69) is 15.2 Å². The van der Waals surface area contributed by atoms with E-state index in [1.807, 2.05) is 45.9 Å². The number of aromatic nitrogens is 4. The molecule has 1 aliphatic rings. The van der Waals surface area contributed by atoms with Crippen LogP contribution in [0.4, 0.5) is 0 Å². The van der Waals surface area contributed by atoms with E-state index in [0.29, 0.717) is 42.1 Å². The maximum Gasteiger partial charge on any atom is 0.233 e. The van der Waals surface area contributed by atoms with E-state index in [-0.39, 0.29) is 17.6 Å². The summed E-state index contributed by atoms with van der Waals surface area (Å²) < 4.78 is 1.89. The number of pyridine rings is 1. The Hall–Kier alpha value is -2.91. The summed E-state index contributed by atoms with van der Waals surface area (Å²) in [5.41, 5.74) is 1.77. The number of carbonyl (C=O) groups excluding carboxylic acids is 2. The molecule has 1 aromatic carbocycles. The summed E-state index contributed by atoms with van der Waals surface area (Å²) in [6, 6.07) is 11.2. The fourth-order valence-corrected chi connectivity index (χ4v) is 4.98. The lowest BCUT2D eigenvalue weighted by Gasteiger charge is -2.20. The van der Waals surface area contributed by atoms with Crippen molar-refractivity contribution in [2.75, 3.05) is 19.3 Å². The highest BCUT2D eigenvalue weighted by Crippen LogP contribution is 2.24. The molecule has 8 nitrogen and oxygen atoms in total. The van der Waals surface area contributed by atoms with Crippen molar-refractivity contribution in [3.05, 3.63) is 65.2 Å². The van der Waals surface area contributed by atoms with Gasteiger partial charge in [0, 0.05) is 37.8 Å². The molecule has 0 radical (unpaired) electrons. The lowest BCUT2D eigenvalue weighted by Crippen LogP contribution is -2.31. The van der Waals surface area contributed by atoms with Crippen molar-refractivity contribution in [3.63, 3.8) is 0 Å². The van der Waals surface area contributed by atoms with Crippen molar-refractivity contribution in [2.45, 2.75) is 43.9 Å². The third kappa shape index (κ3) is 6.15. The molecule has 1 fully saturated rings. The Morgan fingerprint density at radius 2 is 2.06 bits per heavy atom. The molecular weight excluding hydrogens is 472 g/mol. The number of rotatable bonds is 8. The highest BCUT2D eigenvalue weighted by molar-refractivity contribution is 7.99. The molecule has 2 amide bonds. The van der Waals surface area contributed by atoms with Crippen molar-refractivity contribution in [1.82, 2.24) is 29.5 Å². The molecule has 3 heterocycles. The van der Waals surface area contributed by atoms with Gasteiger partial charge in [-0.1, -0.05) is 41.9 Å². The van der Waals surface area contributed by atoms with E-state index in [1.165, 1.54) is 11.8 Å². The molecule has 4 rings (SSSR count). The molecule has 0 saturated carbocycles. The zero-order valence-corrected chi connectivity index (χ0v) is 20.6. The van der Waals surface area contributed by atoms with Gasteiger partial charge >= 0.3 is 0 Å². The summed E-state index contributed by atoms with van der Waals surface area (Å²) in [7, 11) is 1.77. The van der Waals surface area contributed by atoms with Crippen LogP contribution < -0.4 is 0 Å². The largest absolute Gasteiger partial charge is 0.341 e. The third-order valence-electron chi connectivity index (χ3n) is 5.67. The fraction of sp³-hybridized carbons (Fsp3) is 0.375. The Morgan fingerprint density at radius 3 is 2.85 bits per heavy atom. The number of nitrogens with zero attached hydrogens (tertiary/aromatic N) is 6. The molecule has 0 atom stereocenters. The molecule has 0 bridgehead atoms. The molecule has 34 heavy (non-hydrogen) atoms. The topological polar surface area (TPSA) is 84.2 Å². The smallest absolute Gasteiger partial charge is 0.233 e. The first kappa shape index (κ1) is 24.2. The lowest BCUT2D eigenvalue weighted by molar-refractivity contribution is -0.131. The van der Waals surface area contributed by atoms with E-state index in [9.17, 15) is 9.59 Å². The van der Waals surface area contributed by atoms with Crippen molar-refractivity contribution in [2.24, 2.45) is 0 Å². The van der Waals surface area contributed by atoms with Gasteiger partial charge in [0.15, 0.2) is 11.0 Å². The van der Waals surface area contributed by atoms with Crippen molar-refractivity contribution in [3.8, 4) is 5.69 Å². The highest BCUT2D eigenvalue weighted by Gasteiger charge is 2.22. The minimum atomic E-state index is -0.0324. The summed E-state index contributed by atoms with van der Waals surface area (Å²) in [4.78, 5) is 33.1. The lowest BCUT2D eigenvalue weighted by atomic mass is 10.2. The maximum absolute atomic E-state index is 12.8. The molecule has 0 spiro atoms. The van der Waals surface area contributed by atoms with Crippen LogP contribution >= 0.6 is 23.4 Å². The molecule has 0 N–H and O–H groups in total. The Bertz CT molecular complexity index is 1140. The monoisotopic (exact) mass is 498 g/mol. The van der Waals surface area contributed by atoms with Crippen molar-refractivity contribution >= 4 is 35.2 Å². The Kier molecular flexibility index (Phi) is 8.18. The number of halogens is 1. The van der Waals surface area contributed by atoms with Crippen LogP contribution in [0, 0.1) is 0 Å². The van der Waals surface area contributed by atoms with Gasteiger partial charge in [-0.3, -0.25) is 19.1 Å². The standard InChI is InChI=1S/C24H27ClN6O2S/c1-29(15-18-7-5-8-19(25)13-18)23(33)17-34-24-28-27-21(31(24)20-9-6-11-26-14-20)16-30-12-4-2-3-10-22(30)32/h5-9,11,13-14H,2-4,10,12,15-17H2,1H3. The van der Waals surface area contributed by atoms with Crippen LogP contribution in [0.1, 0.15) is 37.1 Å². The first-order valence-corrected chi connectivity index (χ1v) is 12.6. The minimum Gasteiger partial charge on any atom is -0.341 e. The molecule has 178 valence electrons. The van der Waals surface area contributed by atoms with Gasteiger partial charge in [0.05, 0.1) is 24.2 Å². The quantitative estimate of drug-likeness (QED) is 0.437. The maximum atomic E-state index is 12.8. The van der Waals surface area contributed by atoms with Crippen LogP contribution in [-0.4, -0.2) is 60.7 Å². The van der Waals surface area contributed by atoms with Gasteiger partial charge in [0.2, 0.25) is 11.8 Å². The van der Waals surface area contributed by atoms with Gasteiger partial charge < -0.3 is 9.80 Å². The average Bonchev–Trinajstić information content (AvgIpc) is 3.12. The summed E-state index contributed by atoms with van der Waals surface area (Å²) in [6.07, 6.45) is 6.97. The van der Waals surface area contributed by atoms with E-state index in [4.69, 9.17) is 11.6 Å². The third-order valence-corrected chi connectivity index (χ3v) is 6.82. The van der Waals surface area contributed by atoms with Gasteiger partial charge in [0.1, 0.15) is 0 Å². The van der Waals surface area contributed by atoms with Gasteiger partial charge in [-0.25, -0.2) is 0 Å². The van der Waals surface area contributed by atoms with Gasteiger partial charge in [-0.05, 0) is 42.7 Å². The number of benzene rings is 1. The predicted molar refractivity (Wildman–Crippen MR) is 132 cm³/mol. The summed E-state index contributed by atoms with van der Waals surface area (Å²) in [6.45, 7) is 1.56. The van der Waals surface area contributed by atoms with Crippen molar-refractivity contribution in [1.29, 1.82) is 0 Å². The van der Waals surface area contributed by atoms with Crippen LogP contribution in [0.5, 0.6) is 0 Å². The molecule has 0 unspecified atom stereocenters. The molecular formula is C24H27ClN6O2S. The second-order valence-electron chi connectivity index (χ2n) is 8.24. The number of hydrogen-bond donors (Lipinski definition) is 0. The molecule has 2 aromatic heterocycles. The van der Waals surface area contributed by atoms with E-state index >= 15 is 0 Å². The minimum absolute atomic E-state index is 0.0324. The summed E-state index contributed by atoms with van der Waals surface area (Å²) in [5, 5.41) is 9.98. The van der Waals surface area contributed by atoms with Crippen molar-refractivity contribution < 1.29 is 9.59 Å². The van der Waals surface area contributed by atoms with Crippen LogP contribution in [0.3, 0.4) is 0 Å². The zero-order valence-electron chi connectivity index (χ0n) is 19.1. The number of likely N-dealkylation sites (tertiary alicyclic amines) is 1. The zero-order chi connectivity index (χ0) is 23.9. The number of hydrogen-bond acceptors (Lipinski definition) is 6. The van der Waals surface area contributed by atoms with Gasteiger partial charge in [-0.15, -0.1) is 10.2 Å². The number of thioether (sulfide) groups is 1. The Morgan fingerprint density at radius 1 is 1.18 bits per heavy atom. The molecule has 10 heteroatoms. The summed E-state index contributed by atoms with van der Waals surface area (Å²) >= 11 is 7.38. The summed E-state index contributed by atoms with van der Waals surface area (Å²) in [5.74, 6) is 0.976. The van der Waals surface area contributed by atoms with E-state index < -0.39 is 0 Å². The highest BCUT2D eigenvalue weighted by atomic mass is 35.5. The SMILES string of the molecule is CN(Cc1cccc(Cl)c1)C(=O)CSc1nnc(CN2CCCCCC2=O)n1-c1cccnc1. The van der Waals surface area contributed by atoms with Crippen LogP contribution in [0.15, 0.2) is 53.9 Å². The van der Waals surface area contributed by atoms with Gasteiger partial charge in [0.25, 0.3) is 0 Å². The van der Waals surface area contributed by atoms with E-state index in [0.717, 1.165) is 30.5 Å². The van der Waals surface area contributed by atoms with E-state index in [1.54, 1.807) is 24.3 Å². The first-order valence-electron chi connectivity index (χ1n) is 11.2. The average molecular weight is 499 g/mol. The Balaban J connectivity index is 1.49. The number of carbonyl (C=O) groups is 2. The van der Waals surface area contributed by atoms with Crippen LogP contribution in [-0.2, 0) is 22.7 Å². The predicted octanol–water partition coefficient (Wildman–Crippen LogP) is 3.97. The fourth-order valence-electron chi connectivity index (χ4n) is 3.85. The molecule has 1 aliphatic heterocycles. The van der Waals surface area contributed by atoms with Crippen LogP contribution in [0.2, 0.25) is 5.02 Å². The number of amides is 2. The normalized spacial score (nSPS) is 14.2. The second kappa shape index (κ2) is 11.5. The molecule has 3 aromatic rings. The Labute approximate surface area is 208 Å². The first-order chi connectivity index (χ1) is 16.5. The molecule has 0 aliphatic carbocycles. The van der Waals surface area contributed by atoms with Crippen LogP contribution in [0.25, 0.3) is 5.69 Å².